The number of nitrogens with one attached hydrogen (secondary N) is 2. The number of benzene rings is 3. The second-order valence-electron chi connectivity index (χ2n) is 8.21. The van der Waals surface area contributed by atoms with Crippen LogP contribution in [0.25, 0.3) is 0 Å². The molecule has 9 heteroatoms. The van der Waals surface area contributed by atoms with Gasteiger partial charge in [0.2, 0.25) is 0 Å². The normalized spacial score (nSPS) is 11.8. The zero-order chi connectivity index (χ0) is 26.1. The van der Waals surface area contributed by atoms with E-state index in [1.54, 1.807) is 42.5 Å². The predicted molar refractivity (Wildman–Crippen MR) is 145 cm³/mol. The number of methoxy groups -OCH3 is 1. The lowest BCUT2D eigenvalue weighted by Gasteiger charge is -2.20. The summed E-state index contributed by atoms with van der Waals surface area (Å²) < 4.78 is 12.1. The summed E-state index contributed by atoms with van der Waals surface area (Å²) in [7, 11) is 1.54. The van der Waals surface area contributed by atoms with E-state index >= 15 is 0 Å². The first-order valence-electron chi connectivity index (χ1n) is 11.2. The fourth-order valence-electron chi connectivity index (χ4n) is 3.31. The molecule has 2 N–H and O–H groups in total. The van der Waals surface area contributed by atoms with E-state index in [9.17, 15) is 9.59 Å². The molecule has 36 heavy (non-hydrogen) atoms. The molecule has 0 aliphatic heterocycles. The van der Waals surface area contributed by atoms with Gasteiger partial charge in [0, 0.05) is 16.1 Å². The Balaban J connectivity index is 1.66. The van der Waals surface area contributed by atoms with E-state index < -0.39 is 11.9 Å². The largest absolute Gasteiger partial charge is 0.493 e. The number of amides is 2. The maximum absolute atomic E-state index is 12.7. The second-order valence-corrected chi connectivity index (χ2v) is 9.47. The van der Waals surface area contributed by atoms with E-state index in [2.05, 4.69) is 31.8 Å². The van der Waals surface area contributed by atoms with Crippen LogP contribution in [-0.2, 0) is 11.4 Å². The van der Waals surface area contributed by atoms with E-state index in [1.165, 1.54) is 13.3 Å². The van der Waals surface area contributed by atoms with Crippen LogP contribution in [0.1, 0.15) is 35.3 Å². The summed E-state index contributed by atoms with van der Waals surface area (Å²) in [5, 5.41) is 7.45. The number of carbonyl (C=O) groups excluding carboxylic acids is 2. The second kappa shape index (κ2) is 13.1. The molecule has 188 valence electrons. The van der Waals surface area contributed by atoms with Crippen molar-refractivity contribution in [1.82, 2.24) is 10.7 Å². The van der Waals surface area contributed by atoms with Gasteiger partial charge in [-0.2, -0.15) is 5.10 Å². The van der Waals surface area contributed by atoms with Crippen molar-refractivity contribution < 1.29 is 19.1 Å². The van der Waals surface area contributed by atoms with Crippen LogP contribution in [0.4, 0.5) is 0 Å². The van der Waals surface area contributed by atoms with Crippen molar-refractivity contribution in [2.75, 3.05) is 7.11 Å². The number of ether oxygens (including phenoxy) is 2. The van der Waals surface area contributed by atoms with E-state index in [0.29, 0.717) is 32.1 Å². The first-order valence-corrected chi connectivity index (χ1v) is 12.4. The molecule has 0 aliphatic rings. The number of halogens is 2. The fourth-order valence-corrected chi connectivity index (χ4v) is 4.07. The van der Waals surface area contributed by atoms with E-state index in [4.69, 9.17) is 21.1 Å². The molecular weight excluding hydrogens is 546 g/mol. The monoisotopic (exact) mass is 571 g/mol. The highest BCUT2D eigenvalue weighted by molar-refractivity contribution is 9.10. The molecule has 1 unspecified atom stereocenters. The van der Waals surface area contributed by atoms with E-state index in [0.717, 1.165) is 5.56 Å². The SMILES string of the molecule is COc1cc(/C=N/NC(=O)C(NC(=O)c2ccccc2)C(C)C)cc(Br)c1OCc1ccccc1Cl. The Hall–Kier alpha value is -3.36. The topological polar surface area (TPSA) is 89.0 Å². The van der Waals surface area contributed by atoms with Crippen LogP contribution in [0.5, 0.6) is 11.5 Å². The Kier molecular flexibility index (Phi) is 9.90. The van der Waals surface area contributed by atoms with Crippen LogP contribution < -0.4 is 20.2 Å². The Bertz CT molecular complexity index is 1230. The van der Waals surface area contributed by atoms with Crippen LogP contribution in [0.3, 0.4) is 0 Å². The molecule has 3 aromatic carbocycles. The van der Waals surface area contributed by atoms with Crippen molar-refractivity contribution >= 4 is 45.6 Å². The standard InChI is InChI=1S/C27H27BrClN3O4/c1-17(2)24(31-26(33)19-9-5-4-6-10-19)27(34)32-30-15-18-13-21(28)25(23(14-18)35-3)36-16-20-11-7-8-12-22(20)29/h4-15,17,24H,16H2,1-3H3,(H,31,33)(H,32,34)/b30-15+. The molecule has 0 bridgehead atoms. The Morgan fingerprint density at radius 3 is 2.44 bits per heavy atom. The van der Waals surface area contributed by atoms with Gasteiger partial charge in [-0.3, -0.25) is 9.59 Å². The van der Waals surface area contributed by atoms with Crippen LogP contribution in [0, 0.1) is 5.92 Å². The molecule has 0 radical (unpaired) electrons. The highest BCUT2D eigenvalue weighted by Crippen LogP contribution is 2.37. The Morgan fingerprint density at radius 2 is 1.78 bits per heavy atom. The summed E-state index contributed by atoms with van der Waals surface area (Å²) in [6.45, 7) is 3.97. The van der Waals surface area contributed by atoms with Gasteiger partial charge in [-0.1, -0.05) is 61.8 Å². The van der Waals surface area contributed by atoms with Gasteiger partial charge in [0.1, 0.15) is 12.6 Å². The first kappa shape index (κ1) is 27.2. The van der Waals surface area contributed by atoms with Crippen LogP contribution in [0.15, 0.2) is 76.3 Å². The summed E-state index contributed by atoms with van der Waals surface area (Å²) in [4.78, 5) is 25.2. The zero-order valence-corrected chi connectivity index (χ0v) is 22.5. The number of hydrogen-bond donors (Lipinski definition) is 2. The molecule has 0 heterocycles. The molecular formula is C27H27BrClN3O4. The molecule has 0 aliphatic carbocycles. The summed E-state index contributed by atoms with van der Waals surface area (Å²) in [6.07, 6.45) is 1.49. The van der Waals surface area contributed by atoms with Gasteiger partial charge in [-0.15, -0.1) is 0 Å². The summed E-state index contributed by atoms with van der Waals surface area (Å²) >= 11 is 9.72. The number of rotatable bonds is 10. The van der Waals surface area contributed by atoms with Crippen molar-refractivity contribution in [3.8, 4) is 11.5 Å². The molecule has 0 spiro atoms. The van der Waals surface area contributed by atoms with Crippen LogP contribution in [-0.4, -0.2) is 31.2 Å². The van der Waals surface area contributed by atoms with Crippen LogP contribution >= 0.6 is 27.5 Å². The average molecular weight is 573 g/mol. The zero-order valence-electron chi connectivity index (χ0n) is 20.1. The quantitative estimate of drug-likeness (QED) is 0.245. The number of carbonyl (C=O) groups is 2. The highest BCUT2D eigenvalue weighted by Gasteiger charge is 2.24. The van der Waals surface area contributed by atoms with Gasteiger partial charge in [-0.05, 0) is 57.7 Å². The van der Waals surface area contributed by atoms with Crippen molar-refractivity contribution in [2.24, 2.45) is 11.0 Å². The fraction of sp³-hybridized carbons (Fsp3) is 0.222. The lowest BCUT2D eigenvalue weighted by molar-refractivity contribution is -0.123. The minimum atomic E-state index is -0.753. The first-order chi connectivity index (χ1) is 17.3. The third-order valence-corrected chi connectivity index (χ3v) is 6.20. The number of nitrogens with zero attached hydrogens (tertiary/aromatic N) is 1. The Labute approximate surface area is 224 Å². The van der Waals surface area contributed by atoms with Gasteiger partial charge >= 0.3 is 0 Å². The van der Waals surface area contributed by atoms with Gasteiger partial charge in [0.25, 0.3) is 11.8 Å². The number of hydrazone groups is 1. The van der Waals surface area contributed by atoms with Gasteiger partial charge < -0.3 is 14.8 Å². The minimum Gasteiger partial charge on any atom is -0.493 e. The van der Waals surface area contributed by atoms with E-state index in [-0.39, 0.29) is 18.4 Å². The van der Waals surface area contributed by atoms with Gasteiger partial charge in [-0.25, -0.2) is 5.43 Å². The van der Waals surface area contributed by atoms with Crippen molar-refractivity contribution in [3.05, 3.63) is 92.9 Å². The molecule has 0 saturated carbocycles. The third kappa shape index (κ3) is 7.32. The average Bonchev–Trinajstić information content (AvgIpc) is 2.87. The van der Waals surface area contributed by atoms with Crippen LogP contribution in [0.2, 0.25) is 5.02 Å². The van der Waals surface area contributed by atoms with Crippen molar-refractivity contribution in [1.29, 1.82) is 0 Å². The highest BCUT2D eigenvalue weighted by atomic mass is 79.9. The van der Waals surface area contributed by atoms with Gasteiger partial charge in [0.05, 0.1) is 17.8 Å². The lowest BCUT2D eigenvalue weighted by Crippen LogP contribution is -2.48. The molecule has 3 aromatic rings. The molecule has 0 fully saturated rings. The predicted octanol–water partition coefficient (Wildman–Crippen LogP) is 5.59. The van der Waals surface area contributed by atoms with Crippen molar-refractivity contribution in [3.63, 3.8) is 0 Å². The number of hydrogen-bond acceptors (Lipinski definition) is 5. The smallest absolute Gasteiger partial charge is 0.262 e. The molecule has 3 rings (SSSR count). The molecule has 7 nitrogen and oxygen atoms in total. The summed E-state index contributed by atoms with van der Waals surface area (Å²) in [5.41, 5.74) is 4.50. The minimum absolute atomic E-state index is 0.142. The summed E-state index contributed by atoms with van der Waals surface area (Å²) in [5.74, 6) is 0.115. The third-order valence-electron chi connectivity index (χ3n) is 5.24. The molecule has 2 amide bonds. The van der Waals surface area contributed by atoms with Gasteiger partial charge in [0.15, 0.2) is 11.5 Å². The molecule has 1 atom stereocenters. The summed E-state index contributed by atoms with van der Waals surface area (Å²) in [6, 6.07) is 18.9. The lowest BCUT2D eigenvalue weighted by atomic mass is 10.0. The maximum atomic E-state index is 12.7. The molecule has 0 aromatic heterocycles. The van der Waals surface area contributed by atoms with E-state index in [1.807, 2.05) is 38.1 Å². The maximum Gasteiger partial charge on any atom is 0.262 e. The Morgan fingerprint density at radius 1 is 1.08 bits per heavy atom. The van der Waals surface area contributed by atoms with Crippen molar-refractivity contribution in [2.45, 2.75) is 26.5 Å². The molecule has 0 saturated heterocycles.